The van der Waals surface area contributed by atoms with Gasteiger partial charge in [-0.25, -0.2) is 8.42 Å². The third-order valence-corrected chi connectivity index (χ3v) is 4.33. The lowest BCUT2D eigenvalue weighted by Crippen LogP contribution is -2.23. The van der Waals surface area contributed by atoms with E-state index >= 15 is 0 Å². The zero-order valence-electron chi connectivity index (χ0n) is 10.7. The topological polar surface area (TPSA) is 63.2 Å². The maximum atomic E-state index is 12.0. The fourth-order valence-electron chi connectivity index (χ4n) is 1.66. The molecule has 0 heterocycles. The molecule has 0 amide bonds. The van der Waals surface area contributed by atoms with E-state index in [0.29, 0.717) is 10.6 Å². The van der Waals surface area contributed by atoms with E-state index in [2.05, 4.69) is 4.72 Å². The molecule has 0 atom stereocenters. The summed E-state index contributed by atoms with van der Waals surface area (Å²) in [6.45, 7) is 0. The summed E-state index contributed by atoms with van der Waals surface area (Å²) >= 11 is 11.6. The molecular formula is C14H11Cl2NO3S. The number of anilines is 1. The van der Waals surface area contributed by atoms with E-state index in [1.165, 1.54) is 18.2 Å². The minimum absolute atomic E-state index is 0.165. The van der Waals surface area contributed by atoms with Gasteiger partial charge in [0.2, 0.25) is 10.0 Å². The SMILES string of the molecule is O=C(CS(=O)(=O)Nc1ccc(Cl)cc1Cl)c1ccccc1. The molecule has 21 heavy (non-hydrogen) atoms. The van der Waals surface area contributed by atoms with Crippen molar-refractivity contribution in [1.82, 2.24) is 0 Å². The minimum atomic E-state index is -3.84. The van der Waals surface area contributed by atoms with Crippen molar-refractivity contribution in [3.8, 4) is 0 Å². The highest BCUT2D eigenvalue weighted by atomic mass is 35.5. The quantitative estimate of drug-likeness (QED) is 0.843. The monoisotopic (exact) mass is 343 g/mol. The van der Waals surface area contributed by atoms with Crippen LogP contribution in [-0.2, 0) is 10.0 Å². The first-order chi connectivity index (χ1) is 9.87. The van der Waals surface area contributed by atoms with Gasteiger partial charge in [-0.1, -0.05) is 53.5 Å². The molecule has 0 saturated carbocycles. The van der Waals surface area contributed by atoms with Crippen LogP contribution in [0, 0.1) is 0 Å². The Bertz CT molecular complexity index is 761. The van der Waals surface area contributed by atoms with Crippen LogP contribution >= 0.6 is 23.2 Å². The smallest absolute Gasteiger partial charge is 0.240 e. The maximum Gasteiger partial charge on any atom is 0.240 e. The molecule has 0 aromatic heterocycles. The van der Waals surface area contributed by atoms with Gasteiger partial charge in [-0.15, -0.1) is 0 Å². The first-order valence-corrected chi connectivity index (χ1v) is 8.32. The van der Waals surface area contributed by atoms with Crippen molar-refractivity contribution in [1.29, 1.82) is 0 Å². The lowest BCUT2D eigenvalue weighted by atomic mass is 10.2. The number of hydrogen-bond donors (Lipinski definition) is 1. The van der Waals surface area contributed by atoms with Gasteiger partial charge in [0.25, 0.3) is 0 Å². The standard InChI is InChI=1S/C14H11Cl2NO3S/c15-11-6-7-13(12(16)8-11)17-21(19,20)9-14(18)10-4-2-1-3-5-10/h1-8,17H,9H2. The number of hydrogen-bond acceptors (Lipinski definition) is 3. The molecule has 0 radical (unpaired) electrons. The van der Waals surface area contributed by atoms with Gasteiger partial charge in [0.1, 0.15) is 5.75 Å². The molecule has 0 spiro atoms. The Morgan fingerprint density at radius 1 is 1.05 bits per heavy atom. The lowest BCUT2D eigenvalue weighted by Gasteiger charge is -2.09. The van der Waals surface area contributed by atoms with Crippen LogP contribution in [0.1, 0.15) is 10.4 Å². The third kappa shape index (κ3) is 4.46. The highest BCUT2D eigenvalue weighted by Crippen LogP contribution is 2.26. The summed E-state index contributed by atoms with van der Waals surface area (Å²) in [5.41, 5.74) is 0.520. The van der Waals surface area contributed by atoms with Gasteiger partial charge < -0.3 is 0 Å². The van der Waals surface area contributed by atoms with Crippen LogP contribution < -0.4 is 4.72 Å². The van der Waals surface area contributed by atoms with Crippen LogP contribution in [0.25, 0.3) is 0 Å². The highest BCUT2D eigenvalue weighted by molar-refractivity contribution is 7.93. The van der Waals surface area contributed by atoms with Crippen LogP contribution in [0.5, 0.6) is 0 Å². The zero-order chi connectivity index (χ0) is 15.5. The summed E-state index contributed by atoms with van der Waals surface area (Å²) < 4.78 is 26.3. The molecule has 110 valence electrons. The fraction of sp³-hybridized carbons (Fsp3) is 0.0714. The fourth-order valence-corrected chi connectivity index (χ4v) is 3.26. The van der Waals surface area contributed by atoms with Gasteiger partial charge >= 0.3 is 0 Å². The van der Waals surface area contributed by atoms with Gasteiger partial charge in [0, 0.05) is 10.6 Å². The summed E-state index contributed by atoms with van der Waals surface area (Å²) in [5, 5.41) is 0.557. The predicted octanol–water partition coefficient (Wildman–Crippen LogP) is 3.62. The van der Waals surface area contributed by atoms with Crippen LogP contribution in [0.2, 0.25) is 10.0 Å². The first-order valence-electron chi connectivity index (χ1n) is 5.91. The van der Waals surface area contributed by atoms with Gasteiger partial charge in [-0.3, -0.25) is 9.52 Å². The molecule has 2 rings (SSSR count). The van der Waals surface area contributed by atoms with E-state index in [1.807, 2.05) is 0 Å². The van der Waals surface area contributed by atoms with Crippen molar-refractivity contribution < 1.29 is 13.2 Å². The maximum absolute atomic E-state index is 12.0. The van der Waals surface area contributed by atoms with E-state index in [9.17, 15) is 13.2 Å². The molecule has 0 fully saturated rings. The van der Waals surface area contributed by atoms with Crippen molar-refractivity contribution in [2.24, 2.45) is 0 Å². The lowest BCUT2D eigenvalue weighted by molar-refractivity contribution is 0.102. The number of Topliss-reactive ketones (excluding diaryl/α,β-unsaturated/α-hetero) is 1. The van der Waals surface area contributed by atoms with Crippen LogP contribution in [0.15, 0.2) is 48.5 Å². The Labute approximate surface area is 132 Å². The van der Waals surface area contributed by atoms with Gasteiger partial charge in [0.05, 0.1) is 10.7 Å². The Morgan fingerprint density at radius 2 is 1.71 bits per heavy atom. The largest absolute Gasteiger partial charge is 0.293 e. The average Bonchev–Trinajstić information content (AvgIpc) is 2.42. The van der Waals surface area contributed by atoms with Crippen LogP contribution in [0.4, 0.5) is 5.69 Å². The number of rotatable bonds is 5. The summed E-state index contributed by atoms with van der Waals surface area (Å²) in [6, 6.07) is 12.6. The van der Waals surface area contributed by atoms with Crippen molar-refractivity contribution in [2.45, 2.75) is 0 Å². The molecule has 0 aliphatic carbocycles. The second-order valence-corrected chi connectivity index (χ2v) is 6.84. The summed E-state index contributed by atoms with van der Waals surface area (Å²) in [4.78, 5) is 11.9. The van der Waals surface area contributed by atoms with Gasteiger partial charge in [0.15, 0.2) is 5.78 Å². The number of ketones is 1. The van der Waals surface area contributed by atoms with Crippen molar-refractivity contribution in [2.75, 3.05) is 10.5 Å². The number of benzene rings is 2. The van der Waals surface area contributed by atoms with E-state index in [0.717, 1.165) is 0 Å². The number of sulfonamides is 1. The van der Waals surface area contributed by atoms with Crippen molar-refractivity contribution >= 4 is 44.7 Å². The van der Waals surface area contributed by atoms with E-state index < -0.39 is 21.6 Å². The molecule has 0 aliphatic heterocycles. The minimum Gasteiger partial charge on any atom is -0.293 e. The molecule has 4 nitrogen and oxygen atoms in total. The Balaban J connectivity index is 2.14. The summed E-state index contributed by atoms with van der Waals surface area (Å²) in [5.74, 6) is -1.15. The van der Waals surface area contributed by atoms with Crippen molar-refractivity contribution in [3.63, 3.8) is 0 Å². The van der Waals surface area contributed by atoms with Gasteiger partial charge in [-0.05, 0) is 18.2 Å². The summed E-state index contributed by atoms with van der Waals surface area (Å²) in [6.07, 6.45) is 0. The highest BCUT2D eigenvalue weighted by Gasteiger charge is 2.18. The summed E-state index contributed by atoms with van der Waals surface area (Å²) in [7, 11) is -3.84. The van der Waals surface area contributed by atoms with Crippen molar-refractivity contribution in [3.05, 3.63) is 64.1 Å². The Hall–Kier alpha value is -1.56. The number of carbonyl (C=O) groups excluding carboxylic acids is 1. The van der Waals surface area contributed by atoms with E-state index in [4.69, 9.17) is 23.2 Å². The molecule has 0 bridgehead atoms. The molecule has 2 aromatic rings. The Morgan fingerprint density at radius 3 is 2.33 bits per heavy atom. The molecule has 0 saturated heterocycles. The van der Waals surface area contributed by atoms with Gasteiger partial charge in [-0.2, -0.15) is 0 Å². The van der Waals surface area contributed by atoms with E-state index in [-0.39, 0.29) is 10.7 Å². The second-order valence-electron chi connectivity index (χ2n) is 4.27. The number of nitrogens with one attached hydrogen (secondary N) is 1. The number of halogens is 2. The normalized spacial score (nSPS) is 11.1. The predicted molar refractivity (Wildman–Crippen MR) is 84.6 cm³/mol. The van der Waals surface area contributed by atoms with E-state index in [1.54, 1.807) is 30.3 Å². The Kier molecular flexibility index (Phi) is 4.88. The first kappa shape index (κ1) is 15.8. The second kappa shape index (κ2) is 6.47. The van der Waals surface area contributed by atoms with Crippen LogP contribution in [-0.4, -0.2) is 20.0 Å². The third-order valence-electron chi connectivity index (χ3n) is 2.61. The molecule has 1 N–H and O–H groups in total. The average molecular weight is 344 g/mol. The molecule has 0 unspecified atom stereocenters. The molecular weight excluding hydrogens is 333 g/mol. The zero-order valence-corrected chi connectivity index (χ0v) is 13.0. The molecule has 0 aliphatic rings. The molecule has 7 heteroatoms. The molecule has 2 aromatic carbocycles. The van der Waals surface area contributed by atoms with Crippen LogP contribution in [0.3, 0.4) is 0 Å². The number of carbonyl (C=O) groups is 1.